The number of hydrogen-bond donors (Lipinski definition) is 0. The minimum atomic E-state index is -1.37. The average Bonchev–Trinajstić information content (AvgIpc) is 3.35. The SMILES string of the molecule is CCOC(=O)C1(C(=O)OCC)C[C@@H]2C[C@H](C(=O)c3cccc(F)c3)[C@@](C)(c3ccccc3)[C@@H]2C1. The van der Waals surface area contributed by atoms with Gasteiger partial charge in [-0.25, -0.2) is 4.39 Å². The molecular formula is C28H31FO5. The van der Waals surface area contributed by atoms with Crippen LogP contribution in [0.5, 0.6) is 0 Å². The molecule has 0 bridgehead atoms. The van der Waals surface area contributed by atoms with Gasteiger partial charge in [-0.3, -0.25) is 14.4 Å². The van der Waals surface area contributed by atoms with Crippen LogP contribution in [0, 0.1) is 29.0 Å². The van der Waals surface area contributed by atoms with Crippen LogP contribution >= 0.6 is 0 Å². The Bertz CT molecular complexity index is 1060. The molecule has 0 N–H and O–H groups in total. The molecule has 6 heteroatoms. The summed E-state index contributed by atoms with van der Waals surface area (Å²) in [6, 6.07) is 15.5. The number of fused-ring (bicyclic) bond motifs is 1. The molecule has 180 valence electrons. The van der Waals surface area contributed by atoms with Crippen molar-refractivity contribution in [1.82, 2.24) is 0 Å². The lowest BCUT2D eigenvalue weighted by atomic mass is 9.64. The van der Waals surface area contributed by atoms with E-state index in [1.165, 1.54) is 12.1 Å². The van der Waals surface area contributed by atoms with Gasteiger partial charge in [0.25, 0.3) is 0 Å². The molecule has 2 aromatic rings. The number of carbonyl (C=O) groups is 3. The predicted octanol–water partition coefficient (Wildman–Crippen LogP) is 5.13. The van der Waals surface area contributed by atoms with Crippen LogP contribution in [0.15, 0.2) is 54.6 Å². The van der Waals surface area contributed by atoms with E-state index in [0.717, 1.165) is 5.56 Å². The molecule has 5 nitrogen and oxygen atoms in total. The second-order valence-corrected chi connectivity index (χ2v) is 9.61. The molecule has 0 unspecified atom stereocenters. The van der Waals surface area contributed by atoms with Crippen LogP contribution in [-0.4, -0.2) is 30.9 Å². The fourth-order valence-electron chi connectivity index (χ4n) is 6.36. The first kappa shape index (κ1) is 24.1. The molecule has 0 aliphatic heterocycles. The number of rotatable bonds is 7. The molecule has 4 rings (SSSR count). The summed E-state index contributed by atoms with van der Waals surface area (Å²) >= 11 is 0. The van der Waals surface area contributed by atoms with E-state index in [0.29, 0.717) is 12.0 Å². The summed E-state index contributed by atoms with van der Waals surface area (Å²) in [4.78, 5) is 39.9. The maximum absolute atomic E-state index is 13.9. The number of ketones is 1. The monoisotopic (exact) mass is 466 g/mol. The zero-order valence-electron chi connectivity index (χ0n) is 19.9. The zero-order valence-corrected chi connectivity index (χ0v) is 19.9. The first-order valence-electron chi connectivity index (χ1n) is 12.0. The number of halogens is 1. The minimum Gasteiger partial charge on any atom is -0.465 e. The summed E-state index contributed by atoms with van der Waals surface area (Å²) in [5, 5.41) is 0. The van der Waals surface area contributed by atoms with E-state index in [1.54, 1.807) is 26.0 Å². The fourth-order valence-corrected chi connectivity index (χ4v) is 6.36. The predicted molar refractivity (Wildman–Crippen MR) is 125 cm³/mol. The average molecular weight is 467 g/mol. The quantitative estimate of drug-likeness (QED) is 0.322. The number of Topliss-reactive ketones (excluding diaryl/α,β-unsaturated/α-hetero) is 1. The van der Waals surface area contributed by atoms with Crippen molar-refractivity contribution in [3.05, 3.63) is 71.5 Å². The van der Waals surface area contributed by atoms with Crippen molar-refractivity contribution >= 4 is 17.7 Å². The number of esters is 2. The summed E-state index contributed by atoms with van der Waals surface area (Å²) in [5.74, 6) is -2.24. The van der Waals surface area contributed by atoms with E-state index < -0.39 is 34.5 Å². The van der Waals surface area contributed by atoms with Gasteiger partial charge in [0.1, 0.15) is 5.82 Å². The van der Waals surface area contributed by atoms with Crippen LogP contribution in [-0.2, 0) is 24.5 Å². The van der Waals surface area contributed by atoms with Gasteiger partial charge in [-0.15, -0.1) is 0 Å². The minimum absolute atomic E-state index is 0.0541. The van der Waals surface area contributed by atoms with E-state index in [1.807, 2.05) is 37.3 Å². The highest BCUT2D eigenvalue weighted by Gasteiger charge is 2.66. The van der Waals surface area contributed by atoms with Crippen LogP contribution in [0.4, 0.5) is 4.39 Å². The van der Waals surface area contributed by atoms with Gasteiger partial charge in [-0.1, -0.05) is 49.4 Å². The van der Waals surface area contributed by atoms with Gasteiger partial charge < -0.3 is 9.47 Å². The van der Waals surface area contributed by atoms with E-state index in [-0.39, 0.29) is 43.7 Å². The Morgan fingerprint density at radius 2 is 1.59 bits per heavy atom. The van der Waals surface area contributed by atoms with Crippen molar-refractivity contribution in [2.75, 3.05) is 13.2 Å². The smallest absolute Gasteiger partial charge is 0.323 e. The van der Waals surface area contributed by atoms with Gasteiger partial charge in [0.2, 0.25) is 0 Å². The summed E-state index contributed by atoms with van der Waals surface area (Å²) in [6.07, 6.45) is 1.05. The molecule has 2 aliphatic carbocycles. The Kier molecular flexibility index (Phi) is 6.61. The first-order valence-corrected chi connectivity index (χ1v) is 12.0. The van der Waals surface area contributed by atoms with E-state index in [9.17, 15) is 18.8 Å². The van der Waals surface area contributed by atoms with Gasteiger partial charge in [0.05, 0.1) is 13.2 Å². The normalized spacial score (nSPS) is 27.1. The van der Waals surface area contributed by atoms with Crippen LogP contribution < -0.4 is 0 Å². The fraction of sp³-hybridized carbons (Fsp3) is 0.464. The van der Waals surface area contributed by atoms with E-state index in [4.69, 9.17) is 9.47 Å². The zero-order chi connectivity index (χ0) is 24.5. The van der Waals surface area contributed by atoms with Crippen molar-refractivity contribution < 1.29 is 28.2 Å². The second-order valence-electron chi connectivity index (χ2n) is 9.61. The first-order chi connectivity index (χ1) is 16.3. The van der Waals surface area contributed by atoms with Crippen LogP contribution in [0.25, 0.3) is 0 Å². The standard InChI is InChI=1S/C28H31FO5/c1-4-33-25(31)28(26(32)34-5-2)16-19-15-22(24(30)18-10-9-13-21(29)14-18)27(3,23(19)17-28)20-11-7-6-8-12-20/h6-14,19,22-23H,4-5,15-17H2,1-3H3/t19-,22+,23+,27+/m0/s1. The molecule has 2 aromatic carbocycles. The van der Waals surface area contributed by atoms with Crippen molar-refractivity contribution in [2.24, 2.45) is 23.2 Å². The highest BCUT2D eigenvalue weighted by atomic mass is 19.1. The topological polar surface area (TPSA) is 69.7 Å². The van der Waals surface area contributed by atoms with Crippen molar-refractivity contribution in [1.29, 1.82) is 0 Å². The Morgan fingerprint density at radius 3 is 2.18 bits per heavy atom. The van der Waals surface area contributed by atoms with Crippen molar-refractivity contribution in [3.63, 3.8) is 0 Å². The van der Waals surface area contributed by atoms with Gasteiger partial charge in [0, 0.05) is 16.9 Å². The van der Waals surface area contributed by atoms with E-state index >= 15 is 0 Å². The van der Waals surface area contributed by atoms with Gasteiger partial charge in [-0.2, -0.15) is 0 Å². The molecule has 2 saturated carbocycles. The van der Waals surface area contributed by atoms with Gasteiger partial charge in [-0.05, 0) is 62.6 Å². The third-order valence-electron chi connectivity index (χ3n) is 7.93. The van der Waals surface area contributed by atoms with Crippen molar-refractivity contribution in [2.45, 2.75) is 45.4 Å². The molecule has 34 heavy (non-hydrogen) atoms. The summed E-state index contributed by atoms with van der Waals surface area (Å²) < 4.78 is 24.6. The summed E-state index contributed by atoms with van der Waals surface area (Å²) in [7, 11) is 0. The molecule has 2 fully saturated rings. The van der Waals surface area contributed by atoms with Crippen LogP contribution in [0.1, 0.15) is 56.0 Å². The number of carbonyl (C=O) groups excluding carboxylic acids is 3. The van der Waals surface area contributed by atoms with Crippen LogP contribution in [0.3, 0.4) is 0 Å². The highest BCUT2D eigenvalue weighted by Crippen LogP contribution is 2.64. The second kappa shape index (κ2) is 9.32. The Morgan fingerprint density at radius 1 is 0.941 bits per heavy atom. The molecule has 2 aliphatic rings. The number of ether oxygens (including phenoxy) is 2. The van der Waals surface area contributed by atoms with E-state index in [2.05, 4.69) is 0 Å². The molecule has 0 saturated heterocycles. The summed E-state index contributed by atoms with van der Waals surface area (Å²) in [5.41, 5.74) is -0.699. The highest BCUT2D eigenvalue weighted by molar-refractivity contribution is 6.01. The van der Waals surface area contributed by atoms with Crippen molar-refractivity contribution in [3.8, 4) is 0 Å². The van der Waals surface area contributed by atoms with Crippen LogP contribution in [0.2, 0.25) is 0 Å². The lowest BCUT2D eigenvalue weighted by molar-refractivity contribution is -0.172. The lowest BCUT2D eigenvalue weighted by Crippen LogP contribution is -2.44. The molecule has 0 radical (unpaired) electrons. The Labute approximate surface area is 199 Å². The maximum Gasteiger partial charge on any atom is 0.323 e. The third-order valence-corrected chi connectivity index (χ3v) is 7.93. The number of hydrogen-bond acceptors (Lipinski definition) is 5. The molecule has 0 amide bonds. The third kappa shape index (κ3) is 3.83. The Hall–Kier alpha value is -3.02. The largest absolute Gasteiger partial charge is 0.465 e. The van der Waals surface area contributed by atoms with Gasteiger partial charge in [0.15, 0.2) is 11.2 Å². The molecule has 0 heterocycles. The lowest BCUT2D eigenvalue weighted by Gasteiger charge is -2.38. The Balaban J connectivity index is 1.77. The number of benzene rings is 2. The molecule has 4 atom stereocenters. The van der Waals surface area contributed by atoms with Gasteiger partial charge >= 0.3 is 11.9 Å². The maximum atomic E-state index is 13.9. The molecule has 0 aromatic heterocycles. The summed E-state index contributed by atoms with van der Waals surface area (Å²) in [6.45, 7) is 5.82. The molecule has 0 spiro atoms. The molecular weight excluding hydrogens is 435 g/mol.